The molecule has 0 bridgehead atoms. The lowest BCUT2D eigenvalue weighted by Gasteiger charge is -2.11. The fourth-order valence-corrected chi connectivity index (χ4v) is 1.78. The molecule has 2 aromatic carbocycles. The van der Waals surface area contributed by atoms with Crippen LogP contribution >= 0.6 is 0 Å². The maximum absolute atomic E-state index is 12.3. The Morgan fingerprint density at radius 2 is 1.74 bits per heavy atom. The minimum Gasteiger partial charge on any atom is -0.497 e. The van der Waals surface area contributed by atoms with Gasteiger partial charge in [0.25, 0.3) is 0 Å². The zero-order valence-electron chi connectivity index (χ0n) is 10.3. The van der Waals surface area contributed by atoms with Crippen molar-refractivity contribution in [1.29, 1.82) is 0 Å². The quantitative estimate of drug-likeness (QED) is 0.860. The molecule has 0 aliphatic carbocycles. The summed E-state index contributed by atoms with van der Waals surface area (Å²) in [7, 11) is 1.46. The van der Waals surface area contributed by atoms with Crippen LogP contribution in [0.15, 0.2) is 42.5 Å². The average molecular weight is 265 g/mol. The summed E-state index contributed by atoms with van der Waals surface area (Å²) in [6, 6.07) is 11.8. The van der Waals surface area contributed by atoms with Gasteiger partial charge in [-0.2, -0.15) is 8.78 Å². The van der Waals surface area contributed by atoms with Crippen molar-refractivity contribution in [1.82, 2.24) is 0 Å². The van der Waals surface area contributed by atoms with Crippen LogP contribution in [0.25, 0.3) is 11.1 Å². The number of ether oxygens (including phenoxy) is 2. The smallest absolute Gasteiger partial charge is 0.387 e. The van der Waals surface area contributed by atoms with Gasteiger partial charge in [0.2, 0.25) is 0 Å². The van der Waals surface area contributed by atoms with Gasteiger partial charge in [-0.15, -0.1) is 0 Å². The van der Waals surface area contributed by atoms with E-state index in [1.54, 1.807) is 24.3 Å². The first-order chi connectivity index (χ1) is 9.10. The Bertz CT molecular complexity index is 573. The van der Waals surface area contributed by atoms with Crippen LogP contribution in [0, 0.1) is 0 Å². The predicted octanol–water partition coefficient (Wildman–Crippen LogP) is 3.55. The molecule has 0 unspecified atom stereocenters. The number of methoxy groups -OCH3 is 1. The van der Waals surface area contributed by atoms with Crippen molar-refractivity contribution < 1.29 is 18.3 Å². The van der Waals surface area contributed by atoms with Crippen LogP contribution in [0.1, 0.15) is 0 Å². The Labute approximate surface area is 109 Å². The number of anilines is 1. The molecule has 0 heterocycles. The molecule has 5 heteroatoms. The minimum absolute atomic E-state index is 0.0348. The molecule has 0 atom stereocenters. The van der Waals surface area contributed by atoms with E-state index in [9.17, 15) is 8.78 Å². The molecule has 0 aromatic heterocycles. The van der Waals surface area contributed by atoms with E-state index in [2.05, 4.69) is 4.74 Å². The molecule has 19 heavy (non-hydrogen) atoms. The molecule has 0 radical (unpaired) electrons. The van der Waals surface area contributed by atoms with Crippen molar-refractivity contribution in [2.24, 2.45) is 0 Å². The lowest BCUT2D eigenvalue weighted by molar-refractivity contribution is -0.0498. The molecular formula is C14H13F2NO2. The first kappa shape index (κ1) is 13.1. The number of hydrogen-bond donors (Lipinski definition) is 1. The Kier molecular flexibility index (Phi) is 3.85. The molecule has 2 rings (SSSR count). The van der Waals surface area contributed by atoms with Crippen molar-refractivity contribution >= 4 is 5.69 Å². The largest absolute Gasteiger partial charge is 0.497 e. The van der Waals surface area contributed by atoms with Crippen molar-refractivity contribution in [2.75, 3.05) is 12.8 Å². The van der Waals surface area contributed by atoms with Gasteiger partial charge in [0.15, 0.2) is 0 Å². The highest BCUT2D eigenvalue weighted by atomic mass is 19.3. The van der Waals surface area contributed by atoms with Gasteiger partial charge in [0, 0.05) is 17.3 Å². The first-order valence-electron chi connectivity index (χ1n) is 5.59. The van der Waals surface area contributed by atoms with Crippen molar-refractivity contribution in [2.45, 2.75) is 6.61 Å². The SMILES string of the molecule is COc1cc(OC(F)F)cc(-c2ccccc2N)c1. The van der Waals surface area contributed by atoms with E-state index in [-0.39, 0.29) is 5.75 Å². The second-order valence-electron chi connectivity index (χ2n) is 3.86. The molecule has 0 saturated carbocycles. The highest BCUT2D eigenvalue weighted by Crippen LogP contribution is 2.33. The van der Waals surface area contributed by atoms with Gasteiger partial charge >= 0.3 is 6.61 Å². The van der Waals surface area contributed by atoms with E-state index in [4.69, 9.17) is 10.5 Å². The summed E-state index contributed by atoms with van der Waals surface area (Å²) < 4.78 is 34.0. The standard InChI is InChI=1S/C14H13F2NO2/c1-18-10-6-9(7-11(8-10)19-14(15)16)12-4-2-3-5-13(12)17/h2-8,14H,17H2,1H3. The first-order valence-corrected chi connectivity index (χ1v) is 5.59. The van der Waals surface area contributed by atoms with Gasteiger partial charge in [-0.25, -0.2) is 0 Å². The highest BCUT2D eigenvalue weighted by molar-refractivity contribution is 5.77. The molecule has 2 N–H and O–H groups in total. The Balaban J connectivity index is 2.48. The summed E-state index contributed by atoms with van der Waals surface area (Å²) in [6.45, 7) is -2.88. The third kappa shape index (κ3) is 3.13. The second-order valence-corrected chi connectivity index (χ2v) is 3.86. The average Bonchev–Trinajstić information content (AvgIpc) is 2.38. The predicted molar refractivity (Wildman–Crippen MR) is 69.5 cm³/mol. The minimum atomic E-state index is -2.88. The van der Waals surface area contributed by atoms with Crippen LogP contribution in [0.4, 0.5) is 14.5 Å². The summed E-state index contributed by atoms with van der Waals surface area (Å²) in [5.41, 5.74) is 7.82. The molecule has 100 valence electrons. The van der Waals surface area contributed by atoms with E-state index in [1.807, 2.05) is 6.07 Å². The third-order valence-corrected chi connectivity index (χ3v) is 2.61. The van der Waals surface area contributed by atoms with Crippen LogP contribution in [-0.4, -0.2) is 13.7 Å². The van der Waals surface area contributed by atoms with Crippen molar-refractivity contribution in [3.8, 4) is 22.6 Å². The van der Waals surface area contributed by atoms with E-state index in [0.29, 0.717) is 17.0 Å². The second kappa shape index (κ2) is 5.56. The number of halogens is 2. The van der Waals surface area contributed by atoms with E-state index >= 15 is 0 Å². The van der Waals surface area contributed by atoms with Gasteiger partial charge < -0.3 is 15.2 Å². The topological polar surface area (TPSA) is 44.5 Å². The molecule has 3 nitrogen and oxygen atoms in total. The van der Waals surface area contributed by atoms with Gasteiger partial charge in [-0.1, -0.05) is 18.2 Å². The summed E-state index contributed by atoms with van der Waals surface area (Å²) in [4.78, 5) is 0. The number of para-hydroxylation sites is 1. The highest BCUT2D eigenvalue weighted by Gasteiger charge is 2.10. The van der Waals surface area contributed by atoms with Crippen LogP contribution in [0.2, 0.25) is 0 Å². The number of nitrogen functional groups attached to an aromatic ring is 1. The van der Waals surface area contributed by atoms with Crippen LogP contribution < -0.4 is 15.2 Å². The number of benzene rings is 2. The monoisotopic (exact) mass is 265 g/mol. The maximum atomic E-state index is 12.3. The fourth-order valence-electron chi connectivity index (χ4n) is 1.78. The lowest BCUT2D eigenvalue weighted by Crippen LogP contribution is -2.02. The van der Waals surface area contributed by atoms with Gasteiger partial charge in [0.05, 0.1) is 7.11 Å². The molecule has 0 aliphatic heterocycles. The van der Waals surface area contributed by atoms with Crippen LogP contribution in [0.5, 0.6) is 11.5 Å². The maximum Gasteiger partial charge on any atom is 0.387 e. The molecule has 0 aliphatic rings. The Morgan fingerprint density at radius 1 is 1.05 bits per heavy atom. The van der Waals surface area contributed by atoms with Gasteiger partial charge in [0.1, 0.15) is 11.5 Å². The van der Waals surface area contributed by atoms with E-state index < -0.39 is 6.61 Å². The summed E-state index contributed by atoms with van der Waals surface area (Å²) in [6.07, 6.45) is 0. The Hall–Kier alpha value is -2.30. The molecule has 0 amide bonds. The summed E-state index contributed by atoms with van der Waals surface area (Å²) in [5.74, 6) is 0.462. The van der Waals surface area contributed by atoms with E-state index in [0.717, 1.165) is 5.56 Å². The van der Waals surface area contributed by atoms with Crippen LogP contribution in [-0.2, 0) is 0 Å². The number of rotatable bonds is 4. The zero-order chi connectivity index (χ0) is 13.8. The third-order valence-electron chi connectivity index (χ3n) is 2.61. The van der Waals surface area contributed by atoms with Crippen molar-refractivity contribution in [3.05, 3.63) is 42.5 Å². The van der Waals surface area contributed by atoms with Gasteiger partial charge in [-0.05, 0) is 23.8 Å². The lowest BCUT2D eigenvalue weighted by atomic mass is 10.0. The molecule has 2 aromatic rings. The number of hydrogen-bond acceptors (Lipinski definition) is 3. The molecular weight excluding hydrogens is 252 g/mol. The van der Waals surface area contributed by atoms with E-state index in [1.165, 1.54) is 19.2 Å². The van der Waals surface area contributed by atoms with Crippen molar-refractivity contribution in [3.63, 3.8) is 0 Å². The zero-order valence-corrected chi connectivity index (χ0v) is 10.3. The number of nitrogens with two attached hydrogens (primary N) is 1. The molecule has 0 spiro atoms. The fraction of sp³-hybridized carbons (Fsp3) is 0.143. The summed E-state index contributed by atoms with van der Waals surface area (Å²) >= 11 is 0. The normalized spacial score (nSPS) is 10.5. The molecule has 0 saturated heterocycles. The Morgan fingerprint density at radius 3 is 2.37 bits per heavy atom. The van der Waals surface area contributed by atoms with Gasteiger partial charge in [-0.3, -0.25) is 0 Å². The summed E-state index contributed by atoms with van der Waals surface area (Å²) in [5, 5.41) is 0. The molecule has 0 fully saturated rings. The number of alkyl halides is 2. The van der Waals surface area contributed by atoms with Crippen LogP contribution in [0.3, 0.4) is 0 Å².